The van der Waals surface area contributed by atoms with Crippen LogP contribution in [0.5, 0.6) is 0 Å². The molecule has 3 fully saturated rings. The van der Waals surface area contributed by atoms with Gasteiger partial charge in [-0.3, -0.25) is 9.79 Å². The number of guanidine groups is 1. The van der Waals surface area contributed by atoms with Crippen LogP contribution in [-0.4, -0.2) is 73.1 Å². The minimum absolute atomic E-state index is 0. The van der Waals surface area contributed by atoms with Crippen molar-refractivity contribution in [2.75, 3.05) is 39.3 Å². The zero-order valence-corrected chi connectivity index (χ0v) is 20.8. The fourth-order valence-electron chi connectivity index (χ4n) is 4.10. The molecule has 4 rings (SSSR count). The Hall–Kier alpha value is -0.870. The zero-order valence-electron chi connectivity index (χ0n) is 16.8. The molecule has 6 nitrogen and oxygen atoms in total. The molecule has 2 aliphatic heterocycles. The van der Waals surface area contributed by atoms with Crippen LogP contribution in [-0.2, 0) is 9.53 Å². The van der Waals surface area contributed by atoms with Crippen LogP contribution in [0, 0.1) is 0 Å². The molecule has 29 heavy (non-hydrogen) atoms. The third kappa shape index (κ3) is 5.64. The van der Waals surface area contributed by atoms with Crippen LogP contribution < -0.4 is 5.32 Å². The first-order valence-electron chi connectivity index (χ1n) is 10.4. The lowest BCUT2D eigenvalue weighted by atomic mass is 10.1. The summed E-state index contributed by atoms with van der Waals surface area (Å²) < 4.78 is 6.67. The molecule has 0 spiro atoms. The van der Waals surface area contributed by atoms with E-state index in [4.69, 9.17) is 9.73 Å². The molecule has 2 heterocycles. The number of carbonyl (C=O) groups is 1. The van der Waals surface area contributed by atoms with Gasteiger partial charge >= 0.3 is 0 Å². The highest BCUT2D eigenvalue weighted by molar-refractivity contribution is 14.0. The quantitative estimate of drug-likeness (QED) is 0.340. The summed E-state index contributed by atoms with van der Waals surface area (Å²) in [5, 5.41) is 3.66. The molecule has 3 unspecified atom stereocenters. The Bertz CT molecular complexity index is 716. The molecule has 8 heteroatoms. The van der Waals surface area contributed by atoms with Gasteiger partial charge in [0.1, 0.15) is 6.10 Å². The summed E-state index contributed by atoms with van der Waals surface area (Å²) in [6, 6.07) is 9.05. The van der Waals surface area contributed by atoms with Gasteiger partial charge in [0.05, 0.1) is 0 Å². The van der Waals surface area contributed by atoms with Crippen molar-refractivity contribution in [3.8, 4) is 0 Å². The standard InChI is InChI=1S/C21H29BrN4O2.HI/c1-2-23-21(24-18-14-17(18)15-5-7-16(22)8-6-15)26-11-9-25(10-12-26)20(27)19-4-3-13-28-19;/h5-8,17-19H,2-4,9-14H2,1H3,(H,23,24);1H. The molecule has 1 aromatic carbocycles. The first kappa shape index (κ1) is 22.8. The Labute approximate surface area is 198 Å². The van der Waals surface area contributed by atoms with E-state index in [0.29, 0.717) is 18.6 Å². The van der Waals surface area contributed by atoms with E-state index in [-0.39, 0.29) is 36.0 Å². The van der Waals surface area contributed by atoms with Crippen molar-refractivity contribution in [3.63, 3.8) is 0 Å². The number of nitrogens with zero attached hydrogens (tertiary/aromatic N) is 3. The second-order valence-electron chi connectivity index (χ2n) is 7.76. The summed E-state index contributed by atoms with van der Waals surface area (Å²) in [5.74, 6) is 1.70. The number of hydrogen-bond acceptors (Lipinski definition) is 3. The Morgan fingerprint density at radius 3 is 2.52 bits per heavy atom. The molecule has 160 valence electrons. The molecule has 0 bridgehead atoms. The molecule has 1 N–H and O–H groups in total. The number of ether oxygens (including phenoxy) is 1. The Kier molecular flexibility index (Phi) is 8.21. The summed E-state index contributed by atoms with van der Waals surface area (Å²) in [6.45, 7) is 6.66. The van der Waals surface area contributed by atoms with E-state index in [0.717, 1.165) is 62.4 Å². The molecule has 3 aliphatic rings. The molecular formula is C21H30BrIN4O2. The van der Waals surface area contributed by atoms with Crippen LogP contribution >= 0.6 is 39.9 Å². The van der Waals surface area contributed by atoms with Gasteiger partial charge in [-0.2, -0.15) is 0 Å². The van der Waals surface area contributed by atoms with Gasteiger partial charge in [0.15, 0.2) is 5.96 Å². The molecule has 0 aromatic heterocycles. The number of carbonyl (C=O) groups excluding carboxylic acids is 1. The van der Waals surface area contributed by atoms with Crippen LogP contribution in [0.1, 0.15) is 37.7 Å². The molecule has 0 radical (unpaired) electrons. The molecule has 1 aliphatic carbocycles. The van der Waals surface area contributed by atoms with Crippen molar-refractivity contribution in [1.82, 2.24) is 15.1 Å². The van der Waals surface area contributed by atoms with E-state index < -0.39 is 0 Å². The Morgan fingerprint density at radius 1 is 1.21 bits per heavy atom. The van der Waals surface area contributed by atoms with Gasteiger partial charge in [0.2, 0.25) is 0 Å². The third-order valence-corrected chi connectivity index (χ3v) is 6.34. The highest BCUT2D eigenvalue weighted by atomic mass is 127. The molecule has 1 aromatic rings. The summed E-state index contributed by atoms with van der Waals surface area (Å²) in [6.07, 6.45) is 2.78. The minimum atomic E-state index is -0.216. The average Bonchev–Trinajstić information content (AvgIpc) is 3.26. The summed E-state index contributed by atoms with van der Waals surface area (Å²) in [7, 11) is 0. The number of hydrogen-bond donors (Lipinski definition) is 1. The van der Waals surface area contributed by atoms with E-state index in [1.807, 2.05) is 4.90 Å². The first-order valence-corrected chi connectivity index (χ1v) is 11.2. The summed E-state index contributed by atoms with van der Waals surface area (Å²) in [5.41, 5.74) is 1.38. The van der Waals surface area contributed by atoms with Crippen LogP contribution in [0.4, 0.5) is 0 Å². The van der Waals surface area contributed by atoms with Gasteiger partial charge in [-0.15, -0.1) is 24.0 Å². The smallest absolute Gasteiger partial charge is 0.251 e. The normalized spacial score (nSPS) is 26.8. The predicted molar refractivity (Wildman–Crippen MR) is 129 cm³/mol. The maximum absolute atomic E-state index is 12.5. The van der Waals surface area contributed by atoms with Crippen LogP contribution in [0.15, 0.2) is 33.7 Å². The fourth-order valence-corrected chi connectivity index (χ4v) is 4.36. The predicted octanol–water partition coefficient (Wildman–Crippen LogP) is 3.21. The van der Waals surface area contributed by atoms with E-state index in [1.165, 1.54) is 5.56 Å². The summed E-state index contributed by atoms with van der Waals surface area (Å²) in [4.78, 5) is 21.5. The Balaban J connectivity index is 0.00000240. The van der Waals surface area contributed by atoms with E-state index in [9.17, 15) is 4.79 Å². The van der Waals surface area contributed by atoms with Gasteiger partial charge in [-0.05, 0) is 43.9 Å². The lowest BCUT2D eigenvalue weighted by Crippen LogP contribution is -2.55. The maximum Gasteiger partial charge on any atom is 0.251 e. The molecule has 1 saturated carbocycles. The number of benzene rings is 1. The van der Waals surface area contributed by atoms with Crippen molar-refractivity contribution < 1.29 is 9.53 Å². The van der Waals surface area contributed by atoms with Gasteiger partial charge in [0, 0.05) is 55.8 Å². The number of rotatable bonds is 4. The van der Waals surface area contributed by atoms with Crippen molar-refractivity contribution in [3.05, 3.63) is 34.3 Å². The van der Waals surface area contributed by atoms with Crippen molar-refractivity contribution >= 4 is 51.8 Å². The number of halogens is 2. The monoisotopic (exact) mass is 576 g/mol. The first-order chi connectivity index (χ1) is 13.7. The van der Waals surface area contributed by atoms with Crippen LogP contribution in [0.3, 0.4) is 0 Å². The average molecular weight is 577 g/mol. The molecule has 2 saturated heterocycles. The number of aliphatic imine (C=N–C) groups is 1. The number of nitrogens with one attached hydrogen (secondary N) is 1. The fraction of sp³-hybridized carbons (Fsp3) is 0.619. The highest BCUT2D eigenvalue weighted by Crippen LogP contribution is 2.41. The molecular weight excluding hydrogens is 547 g/mol. The van der Waals surface area contributed by atoms with Gasteiger partial charge < -0.3 is 19.9 Å². The second kappa shape index (κ2) is 10.4. The lowest BCUT2D eigenvalue weighted by molar-refractivity contribution is -0.142. The van der Waals surface area contributed by atoms with Crippen LogP contribution in [0.25, 0.3) is 0 Å². The SMILES string of the molecule is CCN=C(NC1CC1c1ccc(Br)cc1)N1CCN(C(=O)C2CCCO2)CC1.I. The Morgan fingerprint density at radius 2 is 1.90 bits per heavy atom. The van der Waals surface area contributed by atoms with Crippen LogP contribution in [0.2, 0.25) is 0 Å². The highest BCUT2D eigenvalue weighted by Gasteiger charge is 2.40. The topological polar surface area (TPSA) is 57.2 Å². The number of amides is 1. The number of piperazine rings is 1. The van der Waals surface area contributed by atoms with Gasteiger partial charge in [0.25, 0.3) is 5.91 Å². The second-order valence-corrected chi connectivity index (χ2v) is 8.67. The lowest BCUT2D eigenvalue weighted by Gasteiger charge is -2.37. The largest absolute Gasteiger partial charge is 0.368 e. The summed E-state index contributed by atoms with van der Waals surface area (Å²) >= 11 is 3.50. The van der Waals surface area contributed by atoms with Crippen molar-refractivity contribution in [2.45, 2.75) is 44.2 Å². The minimum Gasteiger partial charge on any atom is -0.368 e. The zero-order chi connectivity index (χ0) is 19.5. The third-order valence-electron chi connectivity index (χ3n) is 5.81. The van der Waals surface area contributed by atoms with E-state index in [1.54, 1.807) is 0 Å². The molecule has 1 amide bonds. The van der Waals surface area contributed by atoms with E-state index in [2.05, 4.69) is 57.3 Å². The van der Waals surface area contributed by atoms with Gasteiger partial charge in [-0.1, -0.05) is 28.1 Å². The van der Waals surface area contributed by atoms with E-state index >= 15 is 0 Å². The molecule has 3 atom stereocenters. The van der Waals surface area contributed by atoms with Crippen molar-refractivity contribution in [2.24, 2.45) is 4.99 Å². The maximum atomic E-state index is 12.5. The van der Waals surface area contributed by atoms with Crippen molar-refractivity contribution in [1.29, 1.82) is 0 Å². The van der Waals surface area contributed by atoms with Gasteiger partial charge in [-0.25, -0.2) is 0 Å².